The zero-order valence-corrected chi connectivity index (χ0v) is 10.6. The zero-order valence-electron chi connectivity index (χ0n) is 10.6. The Bertz CT molecular complexity index is 390. The average Bonchev–Trinajstić information content (AvgIpc) is 2.35. The fraction of sp³-hybridized carbons (Fsp3) is 0.500. The molecule has 2 rings (SSSR count). The molecule has 1 fully saturated rings. The van der Waals surface area contributed by atoms with Gasteiger partial charge in [-0.05, 0) is 12.0 Å². The maximum atomic E-state index is 11.5. The van der Waals surface area contributed by atoms with Gasteiger partial charge < -0.3 is 10.2 Å². The fourth-order valence-corrected chi connectivity index (χ4v) is 2.74. The number of hydrogen-bond donors (Lipinski definition) is 1. The van der Waals surface area contributed by atoms with Crippen LogP contribution >= 0.6 is 0 Å². The lowest BCUT2D eigenvalue weighted by atomic mass is 9.75. The van der Waals surface area contributed by atoms with Crippen molar-refractivity contribution >= 4 is 6.03 Å². The van der Waals surface area contributed by atoms with Crippen molar-refractivity contribution in [3.63, 3.8) is 0 Å². The Balaban J connectivity index is 2.30. The van der Waals surface area contributed by atoms with Crippen molar-refractivity contribution in [3.8, 4) is 0 Å². The number of amides is 2. The second-order valence-corrected chi connectivity index (χ2v) is 4.91. The summed E-state index contributed by atoms with van der Waals surface area (Å²) in [5, 5.41) is 2.99. The minimum atomic E-state index is 0.0349. The van der Waals surface area contributed by atoms with Crippen LogP contribution in [0.15, 0.2) is 30.3 Å². The van der Waals surface area contributed by atoms with Crippen molar-refractivity contribution in [3.05, 3.63) is 35.9 Å². The second kappa shape index (κ2) is 4.78. The average molecular weight is 232 g/mol. The molecule has 1 atom stereocenters. The first-order valence-electron chi connectivity index (χ1n) is 6.22. The molecule has 3 nitrogen and oxygen atoms in total. The third-order valence-electron chi connectivity index (χ3n) is 3.58. The highest BCUT2D eigenvalue weighted by atomic mass is 16.2. The molecule has 1 aromatic carbocycles. The van der Waals surface area contributed by atoms with Crippen LogP contribution in [-0.2, 0) is 5.41 Å². The Kier molecular flexibility index (Phi) is 3.36. The fourth-order valence-electron chi connectivity index (χ4n) is 2.74. The van der Waals surface area contributed by atoms with E-state index < -0.39 is 0 Å². The quantitative estimate of drug-likeness (QED) is 0.852. The van der Waals surface area contributed by atoms with Crippen molar-refractivity contribution < 1.29 is 4.79 Å². The molecule has 0 saturated carbocycles. The van der Waals surface area contributed by atoms with Crippen molar-refractivity contribution in [2.45, 2.75) is 25.2 Å². The van der Waals surface area contributed by atoms with Gasteiger partial charge in [0.1, 0.15) is 0 Å². The van der Waals surface area contributed by atoms with E-state index in [-0.39, 0.29) is 11.4 Å². The van der Waals surface area contributed by atoms with Crippen LogP contribution < -0.4 is 5.32 Å². The lowest BCUT2D eigenvalue weighted by molar-refractivity contribution is 0.164. The molecule has 92 valence electrons. The minimum absolute atomic E-state index is 0.0349. The molecule has 2 amide bonds. The number of carbonyl (C=O) groups excluding carboxylic acids is 1. The van der Waals surface area contributed by atoms with E-state index in [1.165, 1.54) is 5.56 Å². The lowest BCUT2D eigenvalue weighted by Crippen LogP contribution is -2.57. The highest BCUT2D eigenvalue weighted by Gasteiger charge is 2.37. The molecule has 3 heteroatoms. The van der Waals surface area contributed by atoms with Crippen LogP contribution in [0.25, 0.3) is 0 Å². The summed E-state index contributed by atoms with van der Waals surface area (Å²) in [5.74, 6) is 0. The van der Waals surface area contributed by atoms with Crippen LogP contribution in [0.1, 0.15) is 25.3 Å². The summed E-state index contributed by atoms with van der Waals surface area (Å²) in [6.07, 6.45) is 2.22. The molecule has 0 bridgehead atoms. The third kappa shape index (κ3) is 2.28. The molecule has 1 aliphatic heterocycles. The van der Waals surface area contributed by atoms with E-state index in [1.807, 2.05) is 13.1 Å². The van der Waals surface area contributed by atoms with Crippen molar-refractivity contribution in [1.29, 1.82) is 0 Å². The number of rotatable bonds is 3. The monoisotopic (exact) mass is 232 g/mol. The van der Waals surface area contributed by atoms with Gasteiger partial charge in [0.2, 0.25) is 0 Å². The largest absolute Gasteiger partial charge is 0.337 e. The molecule has 0 spiro atoms. The van der Waals surface area contributed by atoms with Gasteiger partial charge in [-0.15, -0.1) is 0 Å². The summed E-state index contributed by atoms with van der Waals surface area (Å²) < 4.78 is 0. The number of carbonyl (C=O) groups is 1. The first-order chi connectivity index (χ1) is 8.18. The molecule has 17 heavy (non-hydrogen) atoms. The normalized spacial score (nSPS) is 24.6. The third-order valence-corrected chi connectivity index (χ3v) is 3.58. The summed E-state index contributed by atoms with van der Waals surface area (Å²) >= 11 is 0. The van der Waals surface area contributed by atoms with E-state index in [1.54, 1.807) is 4.90 Å². The zero-order chi connectivity index (χ0) is 12.3. The van der Waals surface area contributed by atoms with Crippen molar-refractivity contribution in [2.24, 2.45) is 0 Å². The van der Waals surface area contributed by atoms with Crippen LogP contribution in [0.5, 0.6) is 0 Å². The molecule has 1 aromatic rings. The van der Waals surface area contributed by atoms with Crippen LogP contribution in [-0.4, -0.2) is 31.1 Å². The van der Waals surface area contributed by atoms with Gasteiger partial charge in [0.25, 0.3) is 0 Å². The van der Waals surface area contributed by atoms with E-state index >= 15 is 0 Å². The maximum Gasteiger partial charge on any atom is 0.317 e. The van der Waals surface area contributed by atoms with Gasteiger partial charge >= 0.3 is 6.03 Å². The van der Waals surface area contributed by atoms with Crippen LogP contribution in [0.3, 0.4) is 0 Å². The van der Waals surface area contributed by atoms with Gasteiger partial charge in [0, 0.05) is 25.6 Å². The van der Waals surface area contributed by atoms with Crippen LogP contribution in [0.2, 0.25) is 0 Å². The number of urea groups is 1. The Morgan fingerprint density at radius 2 is 2.06 bits per heavy atom. The molecule has 0 unspecified atom stereocenters. The lowest BCUT2D eigenvalue weighted by Gasteiger charge is -2.42. The van der Waals surface area contributed by atoms with E-state index in [0.717, 1.165) is 25.9 Å². The van der Waals surface area contributed by atoms with Crippen LogP contribution in [0, 0.1) is 0 Å². The van der Waals surface area contributed by atoms with Gasteiger partial charge in [-0.2, -0.15) is 0 Å². The number of nitrogens with zero attached hydrogens (tertiary/aromatic N) is 1. The van der Waals surface area contributed by atoms with Gasteiger partial charge in [-0.25, -0.2) is 4.79 Å². The summed E-state index contributed by atoms with van der Waals surface area (Å²) in [6, 6.07) is 10.6. The molecular formula is C14H20N2O. The molecular weight excluding hydrogens is 212 g/mol. The van der Waals surface area contributed by atoms with Crippen molar-refractivity contribution in [2.75, 3.05) is 20.1 Å². The van der Waals surface area contributed by atoms with Gasteiger partial charge in [0.15, 0.2) is 0 Å². The van der Waals surface area contributed by atoms with E-state index in [0.29, 0.717) is 0 Å². The molecule has 0 radical (unpaired) electrons. The highest BCUT2D eigenvalue weighted by Crippen LogP contribution is 2.31. The second-order valence-electron chi connectivity index (χ2n) is 4.91. The SMILES string of the molecule is CCC[C@@]1(c2ccccc2)CNC(=O)N(C)C1. The summed E-state index contributed by atoms with van der Waals surface area (Å²) in [6.45, 7) is 3.74. The predicted octanol–water partition coefficient (Wildman–Crippen LogP) is 2.38. The van der Waals surface area contributed by atoms with E-state index in [9.17, 15) is 4.79 Å². The van der Waals surface area contributed by atoms with E-state index in [4.69, 9.17) is 0 Å². The summed E-state index contributed by atoms with van der Waals surface area (Å²) in [7, 11) is 1.86. The van der Waals surface area contributed by atoms with Crippen molar-refractivity contribution in [1.82, 2.24) is 10.2 Å². The first kappa shape index (κ1) is 12.0. The van der Waals surface area contributed by atoms with E-state index in [2.05, 4.69) is 36.5 Å². The molecule has 1 heterocycles. The molecule has 0 aromatic heterocycles. The Morgan fingerprint density at radius 1 is 1.35 bits per heavy atom. The van der Waals surface area contributed by atoms with Gasteiger partial charge in [0.05, 0.1) is 0 Å². The topological polar surface area (TPSA) is 32.3 Å². The molecule has 1 N–H and O–H groups in total. The molecule has 0 aliphatic carbocycles. The van der Waals surface area contributed by atoms with Gasteiger partial charge in [-0.1, -0.05) is 43.7 Å². The molecule has 1 aliphatic rings. The number of benzene rings is 1. The Labute approximate surface area is 103 Å². The summed E-state index contributed by atoms with van der Waals surface area (Å²) in [4.78, 5) is 13.3. The smallest absolute Gasteiger partial charge is 0.317 e. The predicted molar refractivity (Wildman–Crippen MR) is 69.1 cm³/mol. The minimum Gasteiger partial charge on any atom is -0.337 e. The number of likely N-dealkylation sites (N-methyl/N-ethyl adjacent to an activating group) is 1. The summed E-state index contributed by atoms with van der Waals surface area (Å²) in [5.41, 5.74) is 1.40. The van der Waals surface area contributed by atoms with Crippen LogP contribution in [0.4, 0.5) is 4.79 Å². The standard InChI is InChI=1S/C14H20N2O/c1-3-9-14(12-7-5-4-6-8-12)10-15-13(17)16(2)11-14/h4-8H,3,9-11H2,1-2H3,(H,15,17)/t14-/m1/s1. The molecule has 1 saturated heterocycles. The Morgan fingerprint density at radius 3 is 2.65 bits per heavy atom. The number of hydrogen-bond acceptors (Lipinski definition) is 1. The van der Waals surface area contributed by atoms with Gasteiger partial charge in [-0.3, -0.25) is 0 Å². The first-order valence-corrected chi connectivity index (χ1v) is 6.22. The number of nitrogens with one attached hydrogen (secondary N) is 1. The Hall–Kier alpha value is -1.51. The highest BCUT2D eigenvalue weighted by molar-refractivity contribution is 5.75. The maximum absolute atomic E-state index is 11.5.